The van der Waals surface area contributed by atoms with Crippen molar-refractivity contribution in [1.29, 1.82) is 0 Å². The average Bonchev–Trinajstić information content (AvgIpc) is 2.49. The minimum absolute atomic E-state index is 0.0589. The van der Waals surface area contributed by atoms with Crippen LogP contribution in [0.4, 0.5) is 11.5 Å². The second-order valence-electron chi connectivity index (χ2n) is 4.58. The molecule has 23 heavy (non-hydrogen) atoms. The van der Waals surface area contributed by atoms with Crippen LogP contribution in [0.2, 0.25) is 5.02 Å². The van der Waals surface area contributed by atoms with Gasteiger partial charge in [0.15, 0.2) is 11.0 Å². The third-order valence-corrected chi connectivity index (χ3v) is 3.95. The van der Waals surface area contributed by atoms with Crippen molar-refractivity contribution >= 4 is 46.6 Å². The van der Waals surface area contributed by atoms with E-state index in [1.54, 1.807) is 12.1 Å². The molecule has 0 atom stereocenters. The first-order valence-corrected chi connectivity index (χ1v) is 7.82. The molecule has 9 heteroatoms. The van der Waals surface area contributed by atoms with Crippen molar-refractivity contribution in [2.75, 3.05) is 16.8 Å². The molecule has 0 fully saturated rings. The molecule has 1 heterocycles. The molecule has 0 saturated carbocycles. The van der Waals surface area contributed by atoms with Crippen molar-refractivity contribution in [2.45, 2.75) is 12.1 Å². The Labute approximate surface area is 140 Å². The molecule has 1 amide bonds. The van der Waals surface area contributed by atoms with Crippen LogP contribution in [0.1, 0.15) is 17.3 Å². The fourth-order valence-corrected chi connectivity index (χ4v) is 2.41. The van der Waals surface area contributed by atoms with Crippen LogP contribution in [-0.2, 0) is 4.79 Å². The van der Waals surface area contributed by atoms with Gasteiger partial charge in [0.1, 0.15) is 11.5 Å². The van der Waals surface area contributed by atoms with Crippen molar-refractivity contribution in [3.05, 3.63) is 45.2 Å². The Hall–Kier alpha value is -2.32. The topological polar surface area (TPSA) is 118 Å². The van der Waals surface area contributed by atoms with E-state index in [4.69, 9.17) is 17.3 Å². The lowest BCUT2D eigenvalue weighted by Gasteiger charge is -2.08. The van der Waals surface area contributed by atoms with Gasteiger partial charge in [-0.05, 0) is 31.2 Å². The first-order valence-electron chi connectivity index (χ1n) is 6.45. The number of Topliss-reactive ketones (excluding diaryl/α,β-unsaturated/α-hetero) is 1. The number of rotatable bonds is 5. The SMILES string of the molecule is CC(=O)CSc1nc(N)c(NC(=O)c2ccc(Cl)cc2)c(=O)[nH]1. The molecule has 7 nitrogen and oxygen atoms in total. The summed E-state index contributed by atoms with van der Waals surface area (Å²) >= 11 is 6.81. The number of amides is 1. The first kappa shape index (κ1) is 17.0. The van der Waals surface area contributed by atoms with Crippen molar-refractivity contribution in [2.24, 2.45) is 0 Å². The van der Waals surface area contributed by atoms with Gasteiger partial charge in [-0.2, -0.15) is 0 Å². The number of thioether (sulfide) groups is 1. The van der Waals surface area contributed by atoms with Gasteiger partial charge in [0, 0.05) is 10.6 Å². The van der Waals surface area contributed by atoms with E-state index in [1.165, 1.54) is 19.1 Å². The van der Waals surface area contributed by atoms with Crippen LogP contribution in [0.15, 0.2) is 34.2 Å². The molecule has 4 N–H and O–H groups in total. The van der Waals surface area contributed by atoms with Crippen LogP contribution in [0.3, 0.4) is 0 Å². The summed E-state index contributed by atoms with van der Waals surface area (Å²) in [5, 5.41) is 3.12. The maximum atomic E-state index is 12.1. The van der Waals surface area contributed by atoms with Gasteiger partial charge in [-0.1, -0.05) is 23.4 Å². The van der Waals surface area contributed by atoms with Crippen molar-refractivity contribution in [1.82, 2.24) is 9.97 Å². The highest BCUT2D eigenvalue weighted by Gasteiger charge is 2.14. The van der Waals surface area contributed by atoms with Crippen molar-refractivity contribution < 1.29 is 9.59 Å². The zero-order valence-corrected chi connectivity index (χ0v) is 13.6. The molecule has 2 rings (SSSR count). The minimum Gasteiger partial charge on any atom is -0.382 e. The van der Waals surface area contributed by atoms with E-state index >= 15 is 0 Å². The third-order valence-electron chi connectivity index (χ3n) is 2.68. The number of aromatic nitrogens is 2. The van der Waals surface area contributed by atoms with Gasteiger partial charge in [0.25, 0.3) is 11.5 Å². The van der Waals surface area contributed by atoms with Gasteiger partial charge in [-0.3, -0.25) is 19.4 Å². The summed E-state index contributed by atoms with van der Waals surface area (Å²) in [7, 11) is 0. The summed E-state index contributed by atoms with van der Waals surface area (Å²) in [5.74, 6) is -0.526. The molecule has 0 radical (unpaired) electrons. The quantitative estimate of drug-likeness (QED) is 0.559. The standard InChI is InChI=1S/C14H13ClN4O3S/c1-7(20)6-23-14-18-11(16)10(13(22)19-14)17-12(21)8-2-4-9(15)5-3-8/h2-5H,6H2,1H3,(H,17,21)(H3,16,18,19,22). The smallest absolute Gasteiger partial charge is 0.277 e. The number of nitrogens with two attached hydrogens (primary N) is 1. The molecular weight excluding hydrogens is 340 g/mol. The van der Waals surface area contributed by atoms with Gasteiger partial charge in [-0.25, -0.2) is 4.98 Å². The zero-order valence-electron chi connectivity index (χ0n) is 12.1. The Morgan fingerprint density at radius 1 is 1.35 bits per heavy atom. The molecule has 0 unspecified atom stereocenters. The molecule has 0 aliphatic heterocycles. The van der Waals surface area contributed by atoms with Gasteiger partial charge in [0.05, 0.1) is 5.75 Å². The Kier molecular flexibility index (Phi) is 5.41. The maximum absolute atomic E-state index is 12.1. The maximum Gasteiger partial charge on any atom is 0.277 e. The largest absolute Gasteiger partial charge is 0.382 e. The van der Waals surface area contributed by atoms with E-state index in [2.05, 4.69) is 15.3 Å². The molecule has 0 bridgehead atoms. The Balaban J connectivity index is 2.20. The van der Waals surface area contributed by atoms with E-state index in [1.807, 2.05) is 0 Å². The number of carbonyl (C=O) groups is 2. The van der Waals surface area contributed by atoms with Crippen LogP contribution in [-0.4, -0.2) is 27.4 Å². The zero-order chi connectivity index (χ0) is 17.0. The number of nitrogen functional groups attached to an aromatic ring is 1. The van der Waals surface area contributed by atoms with Crippen LogP contribution < -0.4 is 16.6 Å². The van der Waals surface area contributed by atoms with Gasteiger partial charge >= 0.3 is 0 Å². The highest BCUT2D eigenvalue weighted by Crippen LogP contribution is 2.17. The highest BCUT2D eigenvalue weighted by atomic mass is 35.5. The molecule has 0 saturated heterocycles. The molecule has 0 spiro atoms. The van der Waals surface area contributed by atoms with E-state index in [0.717, 1.165) is 11.8 Å². The number of hydrogen-bond donors (Lipinski definition) is 3. The fourth-order valence-electron chi connectivity index (χ4n) is 1.62. The summed E-state index contributed by atoms with van der Waals surface area (Å²) in [5.41, 5.74) is 5.30. The van der Waals surface area contributed by atoms with Gasteiger partial charge < -0.3 is 11.1 Å². The molecule has 120 valence electrons. The Morgan fingerprint density at radius 3 is 2.57 bits per heavy atom. The van der Waals surface area contributed by atoms with Crippen LogP contribution in [0, 0.1) is 0 Å². The number of ketones is 1. The number of aromatic amines is 1. The summed E-state index contributed by atoms with van der Waals surface area (Å²) in [4.78, 5) is 41.5. The van der Waals surface area contributed by atoms with Gasteiger partial charge in [0.2, 0.25) is 0 Å². The van der Waals surface area contributed by atoms with E-state index in [0.29, 0.717) is 10.6 Å². The lowest BCUT2D eigenvalue weighted by Crippen LogP contribution is -2.23. The summed E-state index contributed by atoms with van der Waals surface area (Å²) in [6.07, 6.45) is 0. The Morgan fingerprint density at radius 2 is 2.00 bits per heavy atom. The van der Waals surface area contributed by atoms with Crippen molar-refractivity contribution in [3.63, 3.8) is 0 Å². The molecular formula is C14H13ClN4O3S. The second-order valence-corrected chi connectivity index (χ2v) is 5.98. The predicted octanol–water partition coefficient (Wildman–Crippen LogP) is 1.94. The van der Waals surface area contributed by atoms with Crippen molar-refractivity contribution in [3.8, 4) is 0 Å². The van der Waals surface area contributed by atoms with E-state index < -0.39 is 11.5 Å². The van der Waals surface area contributed by atoms with Crippen LogP contribution >= 0.6 is 23.4 Å². The summed E-state index contributed by atoms with van der Waals surface area (Å²) < 4.78 is 0. The van der Waals surface area contributed by atoms with Gasteiger partial charge in [-0.15, -0.1) is 0 Å². The number of nitrogens with zero attached hydrogens (tertiary/aromatic N) is 1. The predicted molar refractivity (Wildman–Crippen MR) is 90.1 cm³/mol. The summed E-state index contributed by atoms with van der Waals surface area (Å²) in [6.45, 7) is 1.43. The van der Waals surface area contributed by atoms with Crippen LogP contribution in [0.25, 0.3) is 0 Å². The number of carbonyl (C=O) groups excluding carboxylic acids is 2. The fraction of sp³-hybridized carbons (Fsp3) is 0.143. The normalized spacial score (nSPS) is 10.3. The average molecular weight is 353 g/mol. The first-order chi connectivity index (χ1) is 10.9. The molecule has 1 aromatic heterocycles. The van der Waals surface area contributed by atoms with E-state index in [-0.39, 0.29) is 28.2 Å². The number of benzene rings is 1. The monoisotopic (exact) mass is 352 g/mol. The molecule has 0 aliphatic rings. The number of halogens is 1. The molecule has 2 aromatic rings. The molecule has 0 aliphatic carbocycles. The minimum atomic E-state index is -0.592. The lowest BCUT2D eigenvalue weighted by molar-refractivity contribution is -0.114. The Bertz CT molecular complexity index is 805. The third kappa shape index (κ3) is 4.57. The molecule has 1 aromatic carbocycles. The number of hydrogen-bond acceptors (Lipinski definition) is 6. The van der Waals surface area contributed by atoms with E-state index in [9.17, 15) is 14.4 Å². The second kappa shape index (κ2) is 7.30. The number of H-pyrrole nitrogens is 1. The van der Waals surface area contributed by atoms with Crippen LogP contribution in [0.5, 0.6) is 0 Å². The highest BCUT2D eigenvalue weighted by molar-refractivity contribution is 7.99. The lowest BCUT2D eigenvalue weighted by atomic mass is 10.2. The number of nitrogens with one attached hydrogen (secondary N) is 2. The summed E-state index contributed by atoms with van der Waals surface area (Å²) in [6, 6.07) is 6.16. The number of anilines is 2.